The summed E-state index contributed by atoms with van der Waals surface area (Å²) in [5.41, 5.74) is 1.06. The maximum Gasteiger partial charge on any atom is 0.138 e. The summed E-state index contributed by atoms with van der Waals surface area (Å²) in [4.78, 5) is 0. The fourth-order valence-electron chi connectivity index (χ4n) is 2.32. The number of hydrogen-bond acceptors (Lipinski definition) is 3. The molecule has 1 aromatic rings. The summed E-state index contributed by atoms with van der Waals surface area (Å²) < 4.78 is 5.62. The van der Waals surface area contributed by atoms with Gasteiger partial charge in [0.05, 0.1) is 11.1 Å². The van der Waals surface area contributed by atoms with Crippen LogP contribution >= 0.6 is 11.6 Å². The molecule has 1 fully saturated rings. The zero-order valence-corrected chi connectivity index (χ0v) is 12.5. The van der Waals surface area contributed by atoms with Gasteiger partial charge in [-0.25, -0.2) is 0 Å². The zero-order valence-electron chi connectivity index (χ0n) is 11.7. The molecule has 19 heavy (non-hydrogen) atoms. The first-order valence-corrected chi connectivity index (χ1v) is 7.43. The second-order valence-corrected chi connectivity index (χ2v) is 5.81. The monoisotopic (exact) mass is 282 g/mol. The predicted molar refractivity (Wildman–Crippen MR) is 81.3 cm³/mol. The smallest absolute Gasteiger partial charge is 0.138 e. The Hall–Kier alpha value is -0.930. The van der Waals surface area contributed by atoms with Gasteiger partial charge in [0.1, 0.15) is 5.75 Å². The lowest BCUT2D eigenvalue weighted by atomic mass is 10.00. The van der Waals surface area contributed by atoms with E-state index < -0.39 is 0 Å². The van der Waals surface area contributed by atoms with Crippen LogP contribution in [0.1, 0.15) is 26.7 Å². The van der Waals surface area contributed by atoms with Crippen LogP contribution in [0.5, 0.6) is 5.75 Å². The second-order valence-electron chi connectivity index (χ2n) is 5.41. The molecular weight excluding hydrogens is 260 g/mol. The van der Waals surface area contributed by atoms with Crippen molar-refractivity contribution in [3.05, 3.63) is 23.2 Å². The van der Waals surface area contributed by atoms with Crippen LogP contribution in [0.2, 0.25) is 5.02 Å². The first-order chi connectivity index (χ1) is 9.15. The molecule has 0 aromatic heterocycles. The third-order valence-electron chi connectivity index (χ3n) is 3.29. The van der Waals surface area contributed by atoms with Crippen molar-refractivity contribution < 1.29 is 4.74 Å². The van der Waals surface area contributed by atoms with Crippen LogP contribution in [0, 0.1) is 5.92 Å². The Labute approximate surface area is 120 Å². The molecule has 1 atom stereocenters. The number of nitrogens with one attached hydrogen (secondary N) is 2. The van der Waals surface area contributed by atoms with Gasteiger partial charge >= 0.3 is 0 Å². The highest BCUT2D eigenvalue weighted by Gasteiger charge is 2.12. The summed E-state index contributed by atoms with van der Waals surface area (Å²) >= 11 is 6.22. The average molecular weight is 283 g/mol. The summed E-state index contributed by atoms with van der Waals surface area (Å²) in [6, 6.07) is 5.90. The number of benzene rings is 1. The summed E-state index contributed by atoms with van der Waals surface area (Å²) in [5.74, 6) is 1.46. The molecule has 0 spiro atoms. The molecule has 1 heterocycles. The van der Waals surface area contributed by atoms with Gasteiger partial charge < -0.3 is 15.4 Å². The van der Waals surface area contributed by atoms with Gasteiger partial charge in [-0.3, -0.25) is 0 Å². The maximum absolute atomic E-state index is 6.22. The Morgan fingerprint density at radius 2 is 2.32 bits per heavy atom. The number of halogens is 1. The van der Waals surface area contributed by atoms with Gasteiger partial charge in [0.15, 0.2) is 0 Å². The molecule has 1 saturated heterocycles. The SMILES string of the molecule is CC(C)Oc1ccc(NCC2CCCNC2)cc1Cl. The van der Waals surface area contributed by atoms with Crippen molar-refractivity contribution in [2.24, 2.45) is 5.92 Å². The molecule has 1 unspecified atom stereocenters. The van der Waals surface area contributed by atoms with E-state index in [-0.39, 0.29) is 6.10 Å². The van der Waals surface area contributed by atoms with Crippen molar-refractivity contribution in [3.8, 4) is 5.75 Å². The number of rotatable bonds is 5. The van der Waals surface area contributed by atoms with Gasteiger partial charge in [-0.2, -0.15) is 0 Å². The molecule has 0 bridgehead atoms. The standard InChI is InChI=1S/C15H23ClN2O/c1-11(2)19-15-6-5-13(8-14(15)16)18-10-12-4-3-7-17-9-12/h5-6,8,11-12,17-18H,3-4,7,9-10H2,1-2H3. The number of hydrogen-bond donors (Lipinski definition) is 2. The summed E-state index contributed by atoms with van der Waals surface area (Å²) in [5, 5.41) is 7.55. The number of anilines is 1. The first-order valence-electron chi connectivity index (χ1n) is 7.06. The molecule has 0 radical (unpaired) electrons. The molecule has 0 saturated carbocycles. The summed E-state index contributed by atoms with van der Waals surface area (Å²) in [6.07, 6.45) is 2.71. The Bertz CT molecular complexity index is 403. The van der Waals surface area contributed by atoms with E-state index in [9.17, 15) is 0 Å². The molecule has 106 valence electrons. The topological polar surface area (TPSA) is 33.3 Å². The van der Waals surface area contributed by atoms with Crippen molar-refractivity contribution in [1.29, 1.82) is 0 Å². The van der Waals surface area contributed by atoms with Crippen LogP contribution in [0.3, 0.4) is 0 Å². The van der Waals surface area contributed by atoms with Crippen LogP contribution in [-0.2, 0) is 0 Å². The van der Waals surface area contributed by atoms with Crippen LogP contribution < -0.4 is 15.4 Å². The van der Waals surface area contributed by atoms with Crippen molar-refractivity contribution in [1.82, 2.24) is 5.32 Å². The van der Waals surface area contributed by atoms with E-state index in [4.69, 9.17) is 16.3 Å². The summed E-state index contributed by atoms with van der Waals surface area (Å²) in [7, 11) is 0. The lowest BCUT2D eigenvalue weighted by Gasteiger charge is -2.23. The second kappa shape index (κ2) is 7.01. The van der Waals surface area contributed by atoms with Crippen molar-refractivity contribution >= 4 is 17.3 Å². The van der Waals surface area contributed by atoms with Crippen LogP contribution in [0.15, 0.2) is 18.2 Å². The van der Waals surface area contributed by atoms with E-state index in [0.717, 1.165) is 31.1 Å². The van der Waals surface area contributed by atoms with Crippen LogP contribution in [0.4, 0.5) is 5.69 Å². The lowest BCUT2D eigenvalue weighted by Crippen LogP contribution is -2.33. The van der Waals surface area contributed by atoms with Crippen molar-refractivity contribution in [2.75, 3.05) is 25.0 Å². The molecule has 3 nitrogen and oxygen atoms in total. The number of piperidine rings is 1. The molecular formula is C15H23ClN2O. The highest BCUT2D eigenvalue weighted by Crippen LogP contribution is 2.28. The van der Waals surface area contributed by atoms with E-state index in [1.54, 1.807) is 0 Å². The predicted octanol–water partition coefficient (Wildman–Crippen LogP) is 3.54. The molecule has 0 aliphatic carbocycles. The minimum absolute atomic E-state index is 0.143. The lowest BCUT2D eigenvalue weighted by molar-refractivity contribution is 0.242. The Kier molecular flexibility index (Phi) is 5.34. The fraction of sp³-hybridized carbons (Fsp3) is 0.600. The van der Waals surface area contributed by atoms with E-state index in [2.05, 4.69) is 10.6 Å². The van der Waals surface area contributed by atoms with E-state index >= 15 is 0 Å². The molecule has 1 aliphatic heterocycles. The quantitative estimate of drug-likeness (QED) is 0.867. The van der Waals surface area contributed by atoms with E-state index in [1.807, 2.05) is 32.0 Å². The number of ether oxygens (including phenoxy) is 1. The van der Waals surface area contributed by atoms with Crippen LogP contribution in [0.25, 0.3) is 0 Å². The minimum atomic E-state index is 0.143. The van der Waals surface area contributed by atoms with Gasteiger partial charge in [-0.05, 0) is 63.9 Å². The van der Waals surface area contributed by atoms with Gasteiger partial charge in [0.2, 0.25) is 0 Å². The molecule has 4 heteroatoms. The minimum Gasteiger partial charge on any atom is -0.489 e. The molecule has 0 amide bonds. The zero-order chi connectivity index (χ0) is 13.7. The Morgan fingerprint density at radius 3 is 2.95 bits per heavy atom. The van der Waals surface area contributed by atoms with E-state index in [1.165, 1.54) is 12.8 Å². The molecule has 2 rings (SSSR count). The highest BCUT2D eigenvalue weighted by atomic mass is 35.5. The van der Waals surface area contributed by atoms with Gasteiger partial charge in [0, 0.05) is 12.2 Å². The Balaban J connectivity index is 1.88. The van der Waals surface area contributed by atoms with Gasteiger partial charge in [0.25, 0.3) is 0 Å². The average Bonchev–Trinajstić information content (AvgIpc) is 2.40. The molecule has 2 N–H and O–H groups in total. The van der Waals surface area contributed by atoms with Crippen molar-refractivity contribution in [3.63, 3.8) is 0 Å². The van der Waals surface area contributed by atoms with Gasteiger partial charge in [-0.1, -0.05) is 11.6 Å². The highest BCUT2D eigenvalue weighted by molar-refractivity contribution is 6.32. The summed E-state index contributed by atoms with van der Waals surface area (Å²) in [6.45, 7) is 7.25. The maximum atomic E-state index is 6.22. The van der Waals surface area contributed by atoms with Crippen molar-refractivity contribution in [2.45, 2.75) is 32.8 Å². The fourth-order valence-corrected chi connectivity index (χ4v) is 2.55. The third kappa shape index (κ3) is 4.59. The normalized spacial score (nSPS) is 19.5. The molecule has 1 aliphatic rings. The van der Waals surface area contributed by atoms with E-state index in [0.29, 0.717) is 10.9 Å². The largest absolute Gasteiger partial charge is 0.489 e. The Morgan fingerprint density at radius 1 is 1.47 bits per heavy atom. The first kappa shape index (κ1) is 14.5. The van der Waals surface area contributed by atoms with Gasteiger partial charge in [-0.15, -0.1) is 0 Å². The molecule has 1 aromatic carbocycles. The van der Waals surface area contributed by atoms with Crippen LogP contribution in [-0.4, -0.2) is 25.7 Å². The third-order valence-corrected chi connectivity index (χ3v) is 3.58.